The monoisotopic (exact) mass is 173 g/mol. The van der Waals surface area contributed by atoms with Crippen LogP contribution in [0.5, 0.6) is 0 Å². The zero-order valence-corrected chi connectivity index (χ0v) is 8.96. The van der Waals surface area contributed by atoms with Crippen molar-refractivity contribution in [2.45, 2.75) is 40.7 Å². The zero-order valence-electron chi connectivity index (χ0n) is 8.96. The highest BCUT2D eigenvalue weighted by atomic mass is 16.3. The van der Waals surface area contributed by atoms with Gasteiger partial charge in [0.25, 0.3) is 0 Å². The van der Waals surface area contributed by atoms with Crippen LogP contribution in [-0.4, -0.2) is 17.8 Å². The maximum atomic E-state index is 9.15. The Kier molecular flexibility index (Phi) is 4.21. The summed E-state index contributed by atoms with van der Waals surface area (Å²) in [6.07, 6.45) is 0. The molecule has 0 aliphatic rings. The second-order valence-electron chi connectivity index (χ2n) is 4.98. The summed E-state index contributed by atoms with van der Waals surface area (Å²) in [4.78, 5) is 0. The van der Waals surface area contributed by atoms with E-state index in [0.717, 1.165) is 0 Å². The zero-order chi connectivity index (χ0) is 9.94. The molecule has 0 bridgehead atoms. The van der Waals surface area contributed by atoms with Crippen LogP contribution in [0.25, 0.3) is 0 Å². The molecule has 0 aromatic carbocycles. The average Bonchev–Trinajstić information content (AvgIpc) is 1.86. The van der Waals surface area contributed by atoms with Gasteiger partial charge in [0.2, 0.25) is 0 Å². The van der Waals surface area contributed by atoms with Crippen molar-refractivity contribution < 1.29 is 5.11 Å². The fourth-order valence-corrected chi connectivity index (χ4v) is 1.38. The van der Waals surface area contributed by atoms with Gasteiger partial charge in [-0.2, -0.15) is 0 Å². The van der Waals surface area contributed by atoms with Gasteiger partial charge in [0, 0.05) is 12.6 Å². The molecule has 0 rings (SSSR count). The van der Waals surface area contributed by atoms with Gasteiger partial charge in [-0.3, -0.25) is 0 Å². The van der Waals surface area contributed by atoms with E-state index in [0.29, 0.717) is 5.92 Å². The first-order chi connectivity index (χ1) is 5.30. The van der Waals surface area contributed by atoms with Crippen molar-refractivity contribution in [2.75, 3.05) is 6.61 Å². The Labute approximate surface area is 76.2 Å². The van der Waals surface area contributed by atoms with E-state index in [1.54, 1.807) is 0 Å². The Balaban J connectivity index is 4.32. The molecule has 0 aromatic heterocycles. The molecule has 2 unspecified atom stereocenters. The number of hydrogen-bond acceptors (Lipinski definition) is 2. The van der Waals surface area contributed by atoms with E-state index in [9.17, 15) is 0 Å². The molecule has 3 N–H and O–H groups in total. The van der Waals surface area contributed by atoms with Crippen molar-refractivity contribution in [3.63, 3.8) is 0 Å². The molecule has 0 amide bonds. The lowest BCUT2D eigenvalue weighted by Crippen LogP contribution is -2.45. The molecule has 0 spiro atoms. The first-order valence-corrected chi connectivity index (χ1v) is 4.67. The molecule has 2 heteroatoms. The first kappa shape index (κ1) is 11.9. The van der Waals surface area contributed by atoms with Crippen molar-refractivity contribution in [1.29, 1.82) is 0 Å². The molecule has 0 saturated carbocycles. The molecule has 0 aliphatic heterocycles. The Morgan fingerprint density at radius 1 is 1.25 bits per heavy atom. The first-order valence-electron chi connectivity index (χ1n) is 4.67. The quantitative estimate of drug-likeness (QED) is 0.681. The molecule has 0 saturated heterocycles. The Bertz CT molecular complexity index is 126. The summed E-state index contributed by atoms with van der Waals surface area (Å²) in [5.74, 6) is 0.661. The SMILES string of the molecule is CC(C)C(CO)C(N)C(C)(C)C. The van der Waals surface area contributed by atoms with Crippen LogP contribution in [-0.2, 0) is 0 Å². The summed E-state index contributed by atoms with van der Waals surface area (Å²) >= 11 is 0. The van der Waals surface area contributed by atoms with Gasteiger partial charge < -0.3 is 10.8 Å². The van der Waals surface area contributed by atoms with Crippen LogP contribution < -0.4 is 5.73 Å². The third-order valence-corrected chi connectivity index (χ3v) is 2.53. The van der Waals surface area contributed by atoms with E-state index in [1.807, 2.05) is 0 Å². The van der Waals surface area contributed by atoms with Gasteiger partial charge in [-0.25, -0.2) is 0 Å². The van der Waals surface area contributed by atoms with Crippen LogP contribution >= 0.6 is 0 Å². The lowest BCUT2D eigenvalue weighted by atomic mass is 9.75. The van der Waals surface area contributed by atoms with Crippen LogP contribution in [0.15, 0.2) is 0 Å². The minimum Gasteiger partial charge on any atom is -0.396 e. The summed E-state index contributed by atoms with van der Waals surface area (Å²) in [5.41, 5.74) is 6.13. The predicted molar refractivity (Wildman–Crippen MR) is 52.8 cm³/mol. The molecule has 0 heterocycles. The van der Waals surface area contributed by atoms with Crippen molar-refractivity contribution in [1.82, 2.24) is 0 Å². The molecule has 0 fully saturated rings. The number of hydrogen-bond donors (Lipinski definition) is 2. The number of aliphatic hydroxyl groups excluding tert-OH is 1. The highest BCUT2D eigenvalue weighted by Gasteiger charge is 2.30. The maximum absolute atomic E-state index is 9.15. The van der Waals surface area contributed by atoms with E-state index >= 15 is 0 Å². The van der Waals surface area contributed by atoms with Gasteiger partial charge in [0.15, 0.2) is 0 Å². The average molecular weight is 173 g/mol. The van der Waals surface area contributed by atoms with Crippen LogP contribution in [0.3, 0.4) is 0 Å². The lowest BCUT2D eigenvalue weighted by molar-refractivity contribution is 0.116. The van der Waals surface area contributed by atoms with Gasteiger partial charge in [-0.15, -0.1) is 0 Å². The summed E-state index contributed by atoms with van der Waals surface area (Å²) in [6.45, 7) is 10.7. The second-order valence-corrected chi connectivity index (χ2v) is 4.98. The fourth-order valence-electron chi connectivity index (χ4n) is 1.38. The fraction of sp³-hybridized carbons (Fsp3) is 1.00. The van der Waals surface area contributed by atoms with Gasteiger partial charge in [0.1, 0.15) is 0 Å². The molecule has 12 heavy (non-hydrogen) atoms. The molecule has 0 radical (unpaired) electrons. The van der Waals surface area contributed by atoms with Crippen LogP contribution in [0.1, 0.15) is 34.6 Å². The molecule has 0 aliphatic carbocycles. The summed E-state index contributed by atoms with van der Waals surface area (Å²) in [5, 5.41) is 9.15. The number of nitrogens with two attached hydrogens (primary N) is 1. The van der Waals surface area contributed by atoms with E-state index in [1.165, 1.54) is 0 Å². The van der Waals surface area contributed by atoms with Crippen LogP contribution in [0.4, 0.5) is 0 Å². The molecule has 2 nitrogen and oxygen atoms in total. The summed E-state index contributed by atoms with van der Waals surface area (Å²) < 4.78 is 0. The van der Waals surface area contributed by atoms with Crippen LogP contribution in [0.2, 0.25) is 0 Å². The summed E-state index contributed by atoms with van der Waals surface area (Å²) in [7, 11) is 0. The highest BCUT2D eigenvalue weighted by Crippen LogP contribution is 2.27. The molecular weight excluding hydrogens is 150 g/mol. The molecular formula is C10H23NO. The Morgan fingerprint density at radius 2 is 1.67 bits per heavy atom. The molecule has 0 aromatic rings. The standard InChI is InChI=1S/C10H23NO/c1-7(2)8(6-12)9(11)10(3,4)5/h7-9,12H,6,11H2,1-5H3. The molecule has 2 atom stereocenters. The Morgan fingerprint density at radius 3 is 1.75 bits per heavy atom. The van der Waals surface area contributed by atoms with Crippen molar-refractivity contribution in [3.05, 3.63) is 0 Å². The van der Waals surface area contributed by atoms with E-state index in [-0.39, 0.29) is 24.0 Å². The van der Waals surface area contributed by atoms with Crippen molar-refractivity contribution >= 4 is 0 Å². The predicted octanol–water partition coefficient (Wildman–Crippen LogP) is 1.62. The third-order valence-electron chi connectivity index (χ3n) is 2.53. The smallest absolute Gasteiger partial charge is 0.0476 e. The topological polar surface area (TPSA) is 46.2 Å². The minimum atomic E-state index is 0.0718. The number of aliphatic hydroxyl groups is 1. The van der Waals surface area contributed by atoms with Crippen molar-refractivity contribution in [3.8, 4) is 0 Å². The van der Waals surface area contributed by atoms with Crippen LogP contribution in [0, 0.1) is 17.3 Å². The van der Waals surface area contributed by atoms with Gasteiger partial charge in [0.05, 0.1) is 0 Å². The van der Waals surface area contributed by atoms with Crippen molar-refractivity contribution in [2.24, 2.45) is 23.0 Å². The van der Waals surface area contributed by atoms with E-state index in [2.05, 4.69) is 34.6 Å². The maximum Gasteiger partial charge on any atom is 0.0476 e. The minimum absolute atomic E-state index is 0.0718. The highest BCUT2D eigenvalue weighted by molar-refractivity contribution is 4.84. The Hall–Kier alpha value is -0.0800. The van der Waals surface area contributed by atoms with Gasteiger partial charge in [-0.1, -0.05) is 34.6 Å². The lowest BCUT2D eigenvalue weighted by Gasteiger charge is -2.35. The van der Waals surface area contributed by atoms with E-state index < -0.39 is 0 Å². The third kappa shape index (κ3) is 3.11. The largest absolute Gasteiger partial charge is 0.396 e. The van der Waals surface area contributed by atoms with Gasteiger partial charge in [-0.05, 0) is 17.3 Å². The normalized spacial score (nSPS) is 18.0. The second kappa shape index (κ2) is 4.24. The molecule has 74 valence electrons. The van der Waals surface area contributed by atoms with E-state index in [4.69, 9.17) is 10.8 Å². The number of rotatable bonds is 3. The summed E-state index contributed by atoms with van der Waals surface area (Å²) in [6, 6.07) is 0.0718. The van der Waals surface area contributed by atoms with Gasteiger partial charge >= 0.3 is 0 Å².